The van der Waals surface area contributed by atoms with Gasteiger partial charge in [0.05, 0.1) is 11.9 Å². The zero-order valence-electron chi connectivity index (χ0n) is 10.8. The number of nitrogens with two attached hydrogens (primary N) is 1. The zero-order chi connectivity index (χ0) is 14.0. The van der Waals surface area contributed by atoms with Gasteiger partial charge in [-0.1, -0.05) is 18.2 Å². The lowest BCUT2D eigenvalue weighted by atomic mass is 10.2. The molecule has 2 aromatic rings. The van der Waals surface area contributed by atoms with Gasteiger partial charge in [-0.15, -0.1) is 0 Å². The average molecular weight is 280 g/mol. The molecule has 0 aliphatic rings. The number of anilines is 1. The van der Waals surface area contributed by atoms with Gasteiger partial charge in [0.2, 0.25) is 0 Å². The predicted octanol–water partition coefficient (Wildman–Crippen LogP) is 1.00. The first-order chi connectivity index (χ1) is 8.96. The number of nitrogens with zero attached hydrogens (tertiary/aromatic N) is 2. The van der Waals surface area contributed by atoms with Gasteiger partial charge in [-0.3, -0.25) is 4.31 Å². The summed E-state index contributed by atoms with van der Waals surface area (Å²) >= 11 is 0. The summed E-state index contributed by atoms with van der Waals surface area (Å²) in [7, 11) is -2.14. The molecule has 1 aromatic carbocycles. The maximum atomic E-state index is 12.4. The standard InChI is InChI=1S/C12H16N4O2S/c1-9-14-8-12(15-9)19(17,18)16(2)11-6-4-3-5-10(11)7-13/h3-6,8H,7,13H2,1-2H3,(H,14,15). The van der Waals surface area contributed by atoms with Crippen molar-refractivity contribution in [3.8, 4) is 0 Å². The predicted molar refractivity (Wildman–Crippen MR) is 73.2 cm³/mol. The molecule has 0 bridgehead atoms. The molecule has 0 saturated carbocycles. The van der Waals surface area contributed by atoms with E-state index in [9.17, 15) is 8.42 Å². The van der Waals surface area contributed by atoms with Crippen LogP contribution < -0.4 is 10.0 Å². The van der Waals surface area contributed by atoms with Crippen LogP contribution in [0, 0.1) is 6.92 Å². The summed E-state index contributed by atoms with van der Waals surface area (Å²) in [6.45, 7) is 1.98. The van der Waals surface area contributed by atoms with Gasteiger partial charge in [-0.05, 0) is 18.6 Å². The van der Waals surface area contributed by atoms with Crippen LogP contribution in [0.4, 0.5) is 5.69 Å². The van der Waals surface area contributed by atoms with Crippen molar-refractivity contribution in [2.24, 2.45) is 5.73 Å². The molecule has 2 rings (SSSR count). The van der Waals surface area contributed by atoms with Crippen molar-refractivity contribution in [3.63, 3.8) is 0 Å². The van der Waals surface area contributed by atoms with Crippen molar-refractivity contribution in [1.82, 2.24) is 9.97 Å². The first-order valence-corrected chi connectivity index (χ1v) is 7.19. The Morgan fingerprint density at radius 2 is 2.05 bits per heavy atom. The summed E-state index contributed by atoms with van der Waals surface area (Å²) in [6.07, 6.45) is 1.31. The number of imidazole rings is 1. The van der Waals surface area contributed by atoms with Crippen LogP contribution in [0.1, 0.15) is 11.4 Å². The molecule has 0 unspecified atom stereocenters. The van der Waals surface area contributed by atoms with Crippen LogP contribution in [0.3, 0.4) is 0 Å². The minimum Gasteiger partial charge on any atom is -0.332 e. The van der Waals surface area contributed by atoms with Crippen LogP contribution in [0.25, 0.3) is 0 Å². The van der Waals surface area contributed by atoms with E-state index in [1.807, 2.05) is 6.07 Å². The Morgan fingerprint density at radius 3 is 2.63 bits per heavy atom. The van der Waals surface area contributed by atoms with Crippen LogP contribution in [-0.2, 0) is 16.6 Å². The Kier molecular flexibility index (Phi) is 3.59. The van der Waals surface area contributed by atoms with E-state index in [1.54, 1.807) is 25.1 Å². The van der Waals surface area contributed by atoms with Crippen molar-refractivity contribution >= 4 is 15.7 Å². The fourth-order valence-electron chi connectivity index (χ4n) is 1.80. The van der Waals surface area contributed by atoms with Crippen LogP contribution in [-0.4, -0.2) is 25.4 Å². The summed E-state index contributed by atoms with van der Waals surface area (Å²) in [5.74, 6) is 0.555. The lowest BCUT2D eigenvalue weighted by Crippen LogP contribution is -2.28. The van der Waals surface area contributed by atoms with Crippen molar-refractivity contribution in [1.29, 1.82) is 0 Å². The number of hydrogen-bond donors (Lipinski definition) is 2. The third-order valence-corrected chi connectivity index (χ3v) is 4.55. The molecule has 1 heterocycles. The molecule has 3 N–H and O–H groups in total. The van der Waals surface area contributed by atoms with E-state index in [0.29, 0.717) is 11.5 Å². The van der Waals surface area contributed by atoms with Gasteiger partial charge < -0.3 is 10.7 Å². The summed E-state index contributed by atoms with van der Waals surface area (Å²) in [5, 5.41) is 0.0688. The van der Waals surface area contributed by atoms with E-state index < -0.39 is 10.0 Å². The normalized spacial score (nSPS) is 11.5. The molecule has 0 atom stereocenters. The fraction of sp³-hybridized carbons (Fsp3) is 0.250. The van der Waals surface area contributed by atoms with Gasteiger partial charge in [0.25, 0.3) is 10.0 Å². The summed E-state index contributed by atoms with van der Waals surface area (Å²) in [5.41, 5.74) is 6.97. The summed E-state index contributed by atoms with van der Waals surface area (Å²) < 4.78 is 26.1. The first-order valence-electron chi connectivity index (χ1n) is 5.75. The molecule has 0 spiro atoms. The maximum Gasteiger partial charge on any atom is 0.281 e. The van der Waals surface area contributed by atoms with Gasteiger partial charge in [-0.2, -0.15) is 8.42 Å². The molecule has 1 aromatic heterocycles. The second-order valence-electron chi connectivity index (χ2n) is 4.14. The zero-order valence-corrected chi connectivity index (χ0v) is 11.6. The molecule has 6 nitrogen and oxygen atoms in total. The molecule has 0 aliphatic heterocycles. The Morgan fingerprint density at radius 1 is 1.37 bits per heavy atom. The van der Waals surface area contributed by atoms with Crippen molar-refractivity contribution in [2.75, 3.05) is 11.4 Å². The highest BCUT2D eigenvalue weighted by atomic mass is 32.2. The van der Waals surface area contributed by atoms with Gasteiger partial charge >= 0.3 is 0 Å². The van der Waals surface area contributed by atoms with Gasteiger partial charge in [-0.25, -0.2) is 4.98 Å². The minimum absolute atomic E-state index is 0.0688. The Labute approximate surface area is 112 Å². The molecule has 0 saturated heterocycles. The maximum absolute atomic E-state index is 12.4. The fourth-order valence-corrected chi connectivity index (χ4v) is 2.99. The van der Waals surface area contributed by atoms with Crippen LogP contribution in [0.5, 0.6) is 0 Å². The second kappa shape index (κ2) is 5.02. The number of H-pyrrole nitrogens is 1. The molecule has 7 heteroatoms. The van der Waals surface area contributed by atoms with Crippen LogP contribution >= 0.6 is 0 Å². The topological polar surface area (TPSA) is 92.1 Å². The van der Waals surface area contributed by atoms with E-state index in [1.165, 1.54) is 17.5 Å². The number of aromatic amines is 1. The Hall–Kier alpha value is -1.86. The molecule has 19 heavy (non-hydrogen) atoms. The number of aromatic nitrogens is 2. The van der Waals surface area contributed by atoms with Crippen molar-refractivity contribution < 1.29 is 8.42 Å². The molecular weight excluding hydrogens is 264 g/mol. The third kappa shape index (κ3) is 2.47. The first kappa shape index (κ1) is 13.6. The number of para-hydroxylation sites is 1. The van der Waals surface area contributed by atoms with E-state index in [2.05, 4.69) is 9.97 Å². The minimum atomic E-state index is -3.64. The molecular formula is C12H16N4O2S. The molecule has 0 amide bonds. The van der Waals surface area contributed by atoms with Gasteiger partial charge in [0.1, 0.15) is 5.82 Å². The Balaban J connectivity index is 2.46. The third-order valence-electron chi connectivity index (χ3n) is 2.87. The van der Waals surface area contributed by atoms with E-state index >= 15 is 0 Å². The Bertz CT molecular complexity index is 679. The largest absolute Gasteiger partial charge is 0.332 e. The number of hydrogen-bond acceptors (Lipinski definition) is 4. The monoisotopic (exact) mass is 280 g/mol. The smallest absolute Gasteiger partial charge is 0.281 e. The quantitative estimate of drug-likeness (QED) is 0.874. The average Bonchev–Trinajstić information content (AvgIpc) is 2.85. The lowest BCUT2D eigenvalue weighted by Gasteiger charge is -2.20. The highest BCUT2D eigenvalue weighted by Gasteiger charge is 2.24. The highest BCUT2D eigenvalue weighted by molar-refractivity contribution is 7.92. The number of nitrogens with one attached hydrogen (secondary N) is 1. The highest BCUT2D eigenvalue weighted by Crippen LogP contribution is 2.24. The number of aryl methyl sites for hydroxylation is 1. The number of benzene rings is 1. The van der Waals surface area contributed by atoms with Crippen molar-refractivity contribution in [3.05, 3.63) is 41.9 Å². The summed E-state index contributed by atoms with van der Waals surface area (Å²) in [4.78, 5) is 6.65. The van der Waals surface area contributed by atoms with Crippen LogP contribution in [0.2, 0.25) is 0 Å². The van der Waals surface area contributed by atoms with E-state index in [0.717, 1.165) is 5.56 Å². The van der Waals surface area contributed by atoms with Gasteiger partial charge in [0, 0.05) is 13.6 Å². The summed E-state index contributed by atoms with van der Waals surface area (Å²) in [6, 6.07) is 7.13. The van der Waals surface area contributed by atoms with Crippen molar-refractivity contribution in [2.45, 2.75) is 18.5 Å². The SMILES string of the molecule is Cc1ncc(S(=O)(=O)N(C)c2ccccc2CN)[nH]1. The molecule has 0 aliphatic carbocycles. The molecule has 0 fully saturated rings. The lowest BCUT2D eigenvalue weighted by molar-refractivity contribution is 0.591. The number of sulfonamides is 1. The number of rotatable bonds is 4. The second-order valence-corrected chi connectivity index (χ2v) is 6.08. The molecule has 0 radical (unpaired) electrons. The van der Waals surface area contributed by atoms with E-state index in [4.69, 9.17) is 5.73 Å². The van der Waals surface area contributed by atoms with Gasteiger partial charge in [0.15, 0.2) is 5.03 Å². The van der Waals surface area contributed by atoms with Crippen LogP contribution in [0.15, 0.2) is 35.5 Å². The van der Waals surface area contributed by atoms with E-state index in [-0.39, 0.29) is 11.6 Å². The molecule has 102 valence electrons.